The van der Waals surface area contributed by atoms with E-state index in [0.717, 1.165) is 4.90 Å². The van der Waals surface area contributed by atoms with Crippen LogP contribution in [0.4, 0.5) is 5.69 Å². The zero-order valence-corrected chi connectivity index (χ0v) is 16.9. The number of likely N-dealkylation sites (N-methyl/N-ethyl adjacent to an activating group) is 2. The molecule has 0 bridgehead atoms. The minimum absolute atomic E-state index is 0.0670. The number of hydrogen-bond donors (Lipinski definition) is 2. The Labute approximate surface area is 155 Å². The molecule has 0 aliphatic rings. The van der Waals surface area contributed by atoms with Crippen molar-refractivity contribution in [2.75, 3.05) is 52.6 Å². The minimum atomic E-state index is -3.58. The Morgan fingerprint density at radius 3 is 2.27 bits per heavy atom. The van der Waals surface area contributed by atoms with Crippen LogP contribution in [0.3, 0.4) is 0 Å². The molecule has 0 heterocycles. The molecule has 0 spiro atoms. The number of nitrogens with zero attached hydrogens (tertiary/aromatic N) is 2. The summed E-state index contributed by atoms with van der Waals surface area (Å²) in [6.07, 6.45) is 0. The van der Waals surface area contributed by atoms with Crippen LogP contribution in [0.1, 0.15) is 13.8 Å². The quantitative estimate of drug-likeness (QED) is 0.586. The number of nitrogens with one attached hydrogen (secondary N) is 2. The van der Waals surface area contributed by atoms with Gasteiger partial charge in [0, 0.05) is 32.9 Å². The van der Waals surface area contributed by atoms with Gasteiger partial charge in [0.2, 0.25) is 10.0 Å². The van der Waals surface area contributed by atoms with E-state index in [1.165, 1.54) is 21.3 Å². The van der Waals surface area contributed by atoms with Crippen LogP contribution in [-0.4, -0.2) is 76.8 Å². The summed E-state index contributed by atoms with van der Waals surface area (Å²) in [6, 6.07) is 6.19. The maximum Gasteiger partial charge on any atom is 0.279 e. The zero-order valence-electron chi connectivity index (χ0n) is 16.1. The second kappa shape index (κ2) is 9.65. The molecule has 0 aliphatic heterocycles. The highest BCUT2D eigenvalue weighted by Gasteiger charge is 2.22. The smallest absolute Gasteiger partial charge is 0.279 e. The first-order valence-corrected chi connectivity index (χ1v) is 9.97. The molecule has 146 valence electrons. The topological polar surface area (TPSA) is 91.2 Å². The number of benzene rings is 1. The number of anilines is 1. The normalized spacial score (nSPS) is 12.7. The van der Waals surface area contributed by atoms with Crippen molar-refractivity contribution in [2.24, 2.45) is 0 Å². The zero-order chi connectivity index (χ0) is 19.9. The first-order chi connectivity index (χ1) is 12.1. The molecule has 9 heteroatoms. The van der Waals surface area contributed by atoms with Crippen molar-refractivity contribution < 1.29 is 22.9 Å². The summed E-state index contributed by atoms with van der Waals surface area (Å²) in [5, 5.41) is 2.70. The lowest BCUT2D eigenvalue weighted by atomic mass is 10.3. The number of sulfonamides is 1. The number of carbonyl (C=O) groups is 2. The van der Waals surface area contributed by atoms with Crippen molar-refractivity contribution in [3.8, 4) is 0 Å². The summed E-state index contributed by atoms with van der Waals surface area (Å²) in [4.78, 5) is 26.2. The second-order valence-corrected chi connectivity index (χ2v) is 8.20. The Bertz CT molecular complexity index is 730. The molecular formula is C17H29N4O4S+. The number of rotatable bonds is 9. The molecule has 0 saturated carbocycles. The van der Waals surface area contributed by atoms with Gasteiger partial charge >= 0.3 is 0 Å². The predicted octanol–water partition coefficient (Wildman–Crippen LogP) is -0.741. The molecule has 26 heavy (non-hydrogen) atoms. The van der Waals surface area contributed by atoms with Crippen molar-refractivity contribution in [3.05, 3.63) is 24.3 Å². The highest BCUT2D eigenvalue weighted by atomic mass is 32.2. The lowest BCUT2D eigenvalue weighted by Crippen LogP contribution is -3.11. The summed E-state index contributed by atoms with van der Waals surface area (Å²) in [6.45, 7) is 4.62. The van der Waals surface area contributed by atoms with Gasteiger partial charge in [0.1, 0.15) is 0 Å². The molecule has 1 aromatic carbocycles. The van der Waals surface area contributed by atoms with Crippen LogP contribution < -0.4 is 10.2 Å². The molecular weight excluding hydrogens is 356 g/mol. The lowest BCUT2D eigenvalue weighted by molar-refractivity contribution is -0.862. The predicted molar refractivity (Wildman–Crippen MR) is 100 cm³/mol. The van der Waals surface area contributed by atoms with Crippen molar-refractivity contribution in [3.63, 3.8) is 0 Å². The molecule has 8 nitrogen and oxygen atoms in total. The van der Waals surface area contributed by atoms with Crippen molar-refractivity contribution >= 4 is 27.5 Å². The molecule has 1 rings (SSSR count). The molecule has 2 amide bonds. The lowest BCUT2D eigenvalue weighted by Gasteiger charge is -2.19. The van der Waals surface area contributed by atoms with Gasteiger partial charge in [-0.3, -0.25) is 9.59 Å². The Kier molecular flexibility index (Phi) is 8.19. The molecule has 1 unspecified atom stereocenters. The van der Waals surface area contributed by atoms with Gasteiger partial charge in [0.05, 0.1) is 11.9 Å². The average Bonchev–Trinajstić information content (AvgIpc) is 2.55. The SMILES string of the molecule is CCN(CC)S(=O)(=O)c1cccc(NC(=O)C[NH+](C)CC(=O)N(C)C)c1. The monoisotopic (exact) mass is 385 g/mol. The third kappa shape index (κ3) is 6.08. The third-order valence-corrected chi connectivity index (χ3v) is 5.92. The highest BCUT2D eigenvalue weighted by molar-refractivity contribution is 7.89. The number of amides is 2. The summed E-state index contributed by atoms with van der Waals surface area (Å²) in [7, 11) is 1.50. The van der Waals surface area contributed by atoms with Gasteiger partial charge in [0.25, 0.3) is 11.8 Å². The maximum absolute atomic E-state index is 12.6. The van der Waals surface area contributed by atoms with Crippen LogP contribution in [0.5, 0.6) is 0 Å². The summed E-state index contributed by atoms with van der Waals surface area (Å²) in [5.74, 6) is -0.353. The number of hydrogen-bond acceptors (Lipinski definition) is 4. The standard InChI is InChI=1S/C17H28N4O4S/c1-6-21(7-2)26(24,25)15-10-8-9-14(11-15)18-16(22)12-20(5)13-17(23)19(3)4/h8-11H,6-7,12-13H2,1-5H3,(H,18,22)/p+1. The minimum Gasteiger partial charge on any atom is -0.344 e. The highest BCUT2D eigenvalue weighted by Crippen LogP contribution is 2.19. The Hall–Kier alpha value is -1.97. The van der Waals surface area contributed by atoms with E-state index in [2.05, 4.69) is 5.32 Å². The average molecular weight is 386 g/mol. The van der Waals surface area contributed by atoms with Gasteiger partial charge in [-0.05, 0) is 18.2 Å². The van der Waals surface area contributed by atoms with Gasteiger partial charge in [-0.1, -0.05) is 19.9 Å². The van der Waals surface area contributed by atoms with E-state index in [1.54, 1.807) is 47.1 Å². The van der Waals surface area contributed by atoms with E-state index < -0.39 is 10.0 Å². The Morgan fingerprint density at radius 2 is 1.73 bits per heavy atom. The maximum atomic E-state index is 12.6. The van der Waals surface area contributed by atoms with E-state index in [1.807, 2.05) is 0 Å². The van der Waals surface area contributed by atoms with Crippen molar-refractivity contribution in [1.82, 2.24) is 9.21 Å². The van der Waals surface area contributed by atoms with Crippen LogP contribution >= 0.6 is 0 Å². The van der Waals surface area contributed by atoms with E-state index in [0.29, 0.717) is 18.8 Å². The second-order valence-electron chi connectivity index (χ2n) is 6.26. The summed E-state index contributed by atoms with van der Waals surface area (Å²) >= 11 is 0. The number of carbonyl (C=O) groups excluding carboxylic acids is 2. The van der Waals surface area contributed by atoms with Gasteiger partial charge < -0.3 is 15.1 Å². The van der Waals surface area contributed by atoms with Crippen LogP contribution in [-0.2, 0) is 19.6 Å². The summed E-state index contributed by atoms with van der Waals surface area (Å²) in [5.41, 5.74) is 0.412. The molecule has 1 atom stereocenters. The molecule has 0 fully saturated rings. The van der Waals surface area contributed by atoms with E-state index >= 15 is 0 Å². The van der Waals surface area contributed by atoms with Crippen LogP contribution in [0.15, 0.2) is 29.2 Å². The van der Waals surface area contributed by atoms with Crippen molar-refractivity contribution in [1.29, 1.82) is 0 Å². The fraction of sp³-hybridized carbons (Fsp3) is 0.529. The van der Waals surface area contributed by atoms with E-state index in [-0.39, 0.29) is 29.8 Å². The van der Waals surface area contributed by atoms with E-state index in [9.17, 15) is 18.0 Å². The number of quaternary nitrogens is 1. The first-order valence-electron chi connectivity index (χ1n) is 8.53. The fourth-order valence-corrected chi connectivity index (χ4v) is 3.91. The molecule has 1 aromatic rings. The van der Waals surface area contributed by atoms with Crippen LogP contribution in [0, 0.1) is 0 Å². The van der Waals surface area contributed by atoms with Crippen molar-refractivity contribution in [2.45, 2.75) is 18.7 Å². The van der Waals surface area contributed by atoms with Gasteiger partial charge in [-0.25, -0.2) is 8.42 Å². The molecule has 0 radical (unpaired) electrons. The third-order valence-electron chi connectivity index (χ3n) is 3.88. The largest absolute Gasteiger partial charge is 0.344 e. The fourth-order valence-electron chi connectivity index (χ4n) is 2.40. The summed E-state index contributed by atoms with van der Waals surface area (Å²) < 4.78 is 26.5. The first kappa shape index (κ1) is 22.1. The van der Waals surface area contributed by atoms with E-state index in [4.69, 9.17) is 0 Å². The Balaban J connectivity index is 2.80. The van der Waals surface area contributed by atoms with Gasteiger partial charge in [-0.2, -0.15) is 4.31 Å². The molecule has 0 aromatic heterocycles. The molecule has 0 saturated heterocycles. The van der Waals surface area contributed by atoms with Gasteiger partial charge in [-0.15, -0.1) is 0 Å². The molecule has 0 aliphatic carbocycles. The van der Waals surface area contributed by atoms with Crippen LogP contribution in [0.25, 0.3) is 0 Å². The molecule has 2 N–H and O–H groups in total. The van der Waals surface area contributed by atoms with Gasteiger partial charge in [0.15, 0.2) is 13.1 Å². The Morgan fingerprint density at radius 1 is 1.12 bits per heavy atom. The van der Waals surface area contributed by atoms with Crippen LogP contribution in [0.2, 0.25) is 0 Å².